The van der Waals surface area contributed by atoms with Crippen molar-refractivity contribution in [1.82, 2.24) is 0 Å². The molecule has 1 nitrogen and oxygen atoms in total. The molecule has 0 rings (SSSR count). The fraction of sp³-hybridized carbons (Fsp3) is 0.769. The molecule has 0 aromatic heterocycles. The van der Waals surface area contributed by atoms with Crippen LogP contribution in [0.3, 0.4) is 0 Å². The lowest BCUT2D eigenvalue weighted by atomic mass is 10.2. The summed E-state index contributed by atoms with van der Waals surface area (Å²) in [6.07, 6.45) is 6.27. The summed E-state index contributed by atoms with van der Waals surface area (Å²) in [7, 11) is -1.54. The maximum Gasteiger partial charge on any atom is 0.191 e. The Balaban J connectivity index is 3.87. The zero-order valence-corrected chi connectivity index (χ0v) is 14.4. The van der Waals surface area contributed by atoms with Crippen molar-refractivity contribution in [2.24, 2.45) is 0 Å². The third-order valence-electron chi connectivity index (χ3n) is 3.02. The average Bonchev–Trinajstić information content (AvgIpc) is 2.14. The van der Waals surface area contributed by atoms with Crippen LogP contribution in [0.5, 0.6) is 0 Å². The number of alkyl halides is 1. The molecule has 0 aromatic rings. The minimum absolute atomic E-state index is 0.313. The fourth-order valence-corrected chi connectivity index (χ4v) is 2.27. The van der Waals surface area contributed by atoms with Crippen LogP contribution in [-0.4, -0.2) is 19.4 Å². The molecule has 0 amide bonds. The van der Waals surface area contributed by atoms with Crippen LogP contribution in [0.15, 0.2) is 17.9 Å². The van der Waals surface area contributed by atoms with Crippen LogP contribution >= 0.6 is 22.6 Å². The van der Waals surface area contributed by atoms with Gasteiger partial charge in [0.25, 0.3) is 0 Å². The predicted octanol–water partition coefficient (Wildman–Crippen LogP) is 4.93. The van der Waals surface area contributed by atoms with E-state index in [-0.39, 0.29) is 0 Å². The molecule has 0 bridgehead atoms. The van der Waals surface area contributed by atoms with Crippen molar-refractivity contribution in [3.63, 3.8) is 0 Å². The molecule has 0 aliphatic carbocycles. The second kappa shape index (κ2) is 7.70. The topological polar surface area (TPSA) is 9.23 Å². The number of rotatable bonds is 6. The molecule has 16 heavy (non-hydrogen) atoms. The van der Waals surface area contributed by atoms with Gasteiger partial charge < -0.3 is 4.43 Å². The van der Waals surface area contributed by atoms with E-state index in [0.717, 1.165) is 19.4 Å². The number of hydrogen-bond donors (Lipinski definition) is 0. The van der Waals surface area contributed by atoms with Crippen molar-refractivity contribution in [2.75, 3.05) is 11.0 Å². The van der Waals surface area contributed by atoms with Gasteiger partial charge in [0.15, 0.2) is 8.32 Å². The maximum absolute atomic E-state index is 6.05. The lowest BCUT2D eigenvalue weighted by Crippen LogP contribution is -2.40. The van der Waals surface area contributed by atoms with E-state index in [9.17, 15) is 0 Å². The fourth-order valence-electron chi connectivity index (χ4n) is 0.894. The van der Waals surface area contributed by atoms with E-state index < -0.39 is 8.32 Å². The Morgan fingerprint density at radius 3 is 2.25 bits per heavy atom. The summed E-state index contributed by atoms with van der Waals surface area (Å²) < 4.78 is 7.22. The molecular weight excluding hydrogens is 327 g/mol. The molecule has 0 atom stereocenters. The summed E-state index contributed by atoms with van der Waals surface area (Å²) >= 11 is 2.37. The lowest BCUT2D eigenvalue weighted by Gasteiger charge is -2.36. The largest absolute Gasteiger partial charge is 0.416 e. The van der Waals surface area contributed by atoms with Gasteiger partial charge in [0.1, 0.15) is 0 Å². The van der Waals surface area contributed by atoms with Crippen LogP contribution in [0, 0.1) is 0 Å². The first kappa shape index (κ1) is 16.4. The highest BCUT2D eigenvalue weighted by molar-refractivity contribution is 14.1. The van der Waals surface area contributed by atoms with Crippen molar-refractivity contribution in [2.45, 2.75) is 51.7 Å². The van der Waals surface area contributed by atoms with Crippen LogP contribution in [0.25, 0.3) is 0 Å². The summed E-state index contributed by atoms with van der Waals surface area (Å²) in [6.45, 7) is 12.2. The zero-order chi connectivity index (χ0) is 12.7. The van der Waals surface area contributed by atoms with Gasteiger partial charge in [-0.15, -0.1) is 5.73 Å². The van der Waals surface area contributed by atoms with Gasteiger partial charge in [-0.1, -0.05) is 43.4 Å². The van der Waals surface area contributed by atoms with Gasteiger partial charge >= 0.3 is 0 Å². The van der Waals surface area contributed by atoms with Crippen molar-refractivity contribution < 1.29 is 4.43 Å². The van der Waals surface area contributed by atoms with Gasteiger partial charge in [0.2, 0.25) is 0 Å². The molecular formula is C13H25IOSi. The first-order valence-electron chi connectivity index (χ1n) is 5.90. The molecule has 0 N–H and O–H groups in total. The molecule has 0 aromatic carbocycles. The highest BCUT2D eigenvalue weighted by Gasteiger charge is 2.36. The van der Waals surface area contributed by atoms with Gasteiger partial charge in [0, 0.05) is 11.0 Å². The van der Waals surface area contributed by atoms with Crippen molar-refractivity contribution in [3.8, 4) is 0 Å². The Bertz CT molecular complexity index is 247. The van der Waals surface area contributed by atoms with E-state index in [1.54, 1.807) is 0 Å². The highest BCUT2D eigenvalue weighted by atomic mass is 127. The summed E-state index contributed by atoms with van der Waals surface area (Å²) in [5.41, 5.74) is 3.19. The molecule has 3 heteroatoms. The molecule has 0 heterocycles. The summed E-state index contributed by atoms with van der Waals surface area (Å²) in [4.78, 5) is 0. The third kappa shape index (κ3) is 6.89. The molecule has 94 valence electrons. The average molecular weight is 352 g/mol. The second-order valence-electron chi connectivity index (χ2n) is 5.45. The minimum atomic E-state index is -1.54. The van der Waals surface area contributed by atoms with Crippen LogP contribution in [0.4, 0.5) is 0 Å². The zero-order valence-electron chi connectivity index (χ0n) is 11.3. The van der Waals surface area contributed by atoms with Gasteiger partial charge in [-0.25, -0.2) is 0 Å². The molecule has 0 unspecified atom stereocenters. The molecule has 0 saturated heterocycles. The number of halogens is 1. The summed E-state index contributed by atoms with van der Waals surface area (Å²) in [6, 6.07) is 0. The normalized spacial score (nSPS) is 12.1. The Hall–Kier alpha value is 0.427. The molecule has 0 spiro atoms. The van der Waals surface area contributed by atoms with E-state index in [0.29, 0.717) is 5.04 Å². The minimum Gasteiger partial charge on any atom is -0.416 e. The van der Waals surface area contributed by atoms with E-state index in [4.69, 9.17) is 4.43 Å². The maximum atomic E-state index is 6.05. The van der Waals surface area contributed by atoms with Crippen molar-refractivity contribution in [3.05, 3.63) is 17.9 Å². The van der Waals surface area contributed by atoms with E-state index in [1.807, 2.05) is 0 Å². The molecule has 0 aliphatic rings. The van der Waals surface area contributed by atoms with Crippen molar-refractivity contribution >= 4 is 30.9 Å². The van der Waals surface area contributed by atoms with Crippen LogP contribution in [0.2, 0.25) is 18.1 Å². The Labute approximate surface area is 116 Å². The van der Waals surface area contributed by atoms with Crippen LogP contribution in [-0.2, 0) is 4.43 Å². The Morgan fingerprint density at radius 1 is 1.19 bits per heavy atom. The van der Waals surface area contributed by atoms with Crippen LogP contribution in [0.1, 0.15) is 33.6 Å². The van der Waals surface area contributed by atoms with E-state index in [1.165, 1.54) is 4.43 Å². The first-order valence-corrected chi connectivity index (χ1v) is 10.3. The van der Waals surface area contributed by atoms with Gasteiger partial charge in [-0.05, 0) is 43.1 Å². The van der Waals surface area contributed by atoms with E-state index >= 15 is 0 Å². The van der Waals surface area contributed by atoms with E-state index in [2.05, 4.69) is 74.3 Å². The molecule has 0 radical (unpaired) electrons. The molecule has 0 fully saturated rings. The predicted molar refractivity (Wildman–Crippen MR) is 83.9 cm³/mol. The first-order chi connectivity index (χ1) is 7.31. The summed E-state index contributed by atoms with van der Waals surface area (Å²) in [5, 5.41) is 0.313. The highest BCUT2D eigenvalue weighted by Crippen LogP contribution is 2.36. The summed E-state index contributed by atoms with van der Waals surface area (Å²) in [5.74, 6) is 0. The smallest absolute Gasteiger partial charge is 0.191 e. The van der Waals surface area contributed by atoms with Gasteiger partial charge in [-0.2, -0.15) is 0 Å². The van der Waals surface area contributed by atoms with Crippen molar-refractivity contribution in [1.29, 1.82) is 0 Å². The standard InChI is InChI=1S/C13H25IOSi/c1-13(2,3)16(4,5)15-12-10-8-6-7-9-11-14/h7-8H,9-12H2,1-5H3. The van der Waals surface area contributed by atoms with Crippen LogP contribution < -0.4 is 0 Å². The second-order valence-corrected chi connectivity index (χ2v) is 11.3. The van der Waals surface area contributed by atoms with Gasteiger partial charge in [0.05, 0.1) is 0 Å². The quantitative estimate of drug-likeness (QED) is 0.216. The number of hydrogen-bond acceptors (Lipinski definition) is 1. The molecule has 0 aliphatic heterocycles. The Kier molecular flexibility index (Phi) is 7.90. The Morgan fingerprint density at radius 2 is 1.75 bits per heavy atom. The lowest BCUT2D eigenvalue weighted by molar-refractivity contribution is 0.294. The SMILES string of the molecule is CC(C)(C)[Si](C)(C)OCCC=C=CCCI. The van der Waals surface area contributed by atoms with Gasteiger partial charge in [-0.3, -0.25) is 0 Å². The molecule has 0 saturated carbocycles. The monoisotopic (exact) mass is 352 g/mol. The third-order valence-corrected chi connectivity index (χ3v) is 8.18.